The van der Waals surface area contributed by atoms with Crippen molar-refractivity contribution in [1.82, 2.24) is 9.88 Å². The third kappa shape index (κ3) is 4.24. The summed E-state index contributed by atoms with van der Waals surface area (Å²) in [6.07, 6.45) is -4.89. The van der Waals surface area contributed by atoms with Gasteiger partial charge in [0.25, 0.3) is 5.91 Å². The van der Waals surface area contributed by atoms with Gasteiger partial charge in [0.15, 0.2) is 11.6 Å². The van der Waals surface area contributed by atoms with E-state index in [0.29, 0.717) is 0 Å². The maximum absolute atomic E-state index is 14.9. The highest BCUT2D eigenvalue weighted by Crippen LogP contribution is 2.37. The maximum Gasteiger partial charge on any atom is 0.573 e. The third-order valence-corrected chi connectivity index (χ3v) is 4.95. The average molecular weight is 454 g/mol. The first-order chi connectivity index (χ1) is 15.0. The van der Waals surface area contributed by atoms with Gasteiger partial charge in [-0.2, -0.15) is 0 Å². The average Bonchev–Trinajstić information content (AvgIpc) is 3.01. The van der Waals surface area contributed by atoms with Crippen molar-refractivity contribution in [2.75, 3.05) is 6.73 Å². The molecule has 0 spiro atoms. The van der Waals surface area contributed by atoms with E-state index in [1.165, 1.54) is 19.9 Å². The molecule has 32 heavy (non-hydrogen) atoms. The van der Waals surface area contributed by atoms with Gasteiger partial charge in [0.1, 0.15) is 12.5 Å². The molecule has 11 heteroatoms. The number of phenols is 1. The summed E-state index contributed by atoms with van der Waals surface area (Å²) in [5, 5.41) is 20.8. The van der Waals surface area contributed by atoms with Gasteiger partial charge < -0.3 is 20.3 Å². The number of amides is 1. The Morgan fingerprint density at radius 2 is 1.78 bits per heavy atom. The predicted octanol–water partition coefficient (Wildman–Crippen LogP) is 3.55. The van der Waals surface area contributed by atoms with Crippen LogP contribution in [0, 0.1) is 12.7 Å². The fraction of sp³-hybridized carbons (Fsp3) is 0.238. The van der Waals surface area contributed by atoms with Crippen LogP contribution in [0.4, 0.5) is 17.6 Å². The number of aromatic nitrogens is 1. The summed E-state index contributed by atoms with van der Waals surface area (Å²) in [6.45, 7) is 2.25. The van der Waals surface area contributed by atoms with Crippen LogP contribution in [-0.4, -0.2) is 39.7 Å². The molecule has 7 nitrogen and oxygen atoms in total. The Labute approximate surface area is 178 Å². The summed E-state index contributed by atoms with van der Waals surface area (Å²) in [6, 6.07) is 6.50. The molecule has 1 heterocycles. The van der Waals surface area contributed by atoms with E-state index in [1.54, 1.807) is 0 Å². The van der Waals surface area contributed by atoms with E-state index >= 15 is 0 Å². The highest BCUT2D eigenvalue weighted by molar-refractivity contribution is 6.05. The van der Waals surface area contributed by atoms with Gasteiger partial charge in [-0.05, 0) is 55.8 Å². The van der Waals surface area contributed by atoms with Crippen molar-refractivity contribution in [3.63, 3.8) is 0 Å². The van der Waals surface area contributed by atoms with E-state index in [-0.39, 0.29) is 27.7 Å². The zero-order chi connectivity index (χ0) is 23.8. The Balaban J connectivity index is 2.15. The molecule has 3 rings (SSSR count). The van der Waals surface area contributed by atoms with E-state index < -0.39 is 48.1 Å². The van der Waals surface area contributed by atoms with Crippen LogP contribution >= 0.6 is 0 Å². The summed E-state index contributed by atoms with van der Waals surface area (Å²) in [7, 11) is 0. The standard InChI is InChI=1S/C21H18F4N2O5/c1-10(19(30)26-9-28)16-11(2)27(14-7-8-15(29)18(22)17(14)16)20(31)12-3-5-13(6-4-12)32-21(23,24)25/h3-8,10,28-29H,9H2,1-2H3,(H,26,30). The lowest BCUT2D eigenvalue weighted by Crippen LogP contribution is -2.29. The molecule has 0 aliphatic carbocycles. The molecule has 1 amide bonds. The number of benzene rings is 2. The molecule has 2 aromatic carbocycles. The second-order valence-corrected chi connectivity index (χ2v) is 6.93. The Morgan fingerprint density at radius 1 is 1.16 bits per heavy atom. The van der Waals surface area contributed by atoms with Gasteiger partial charge in [-0.15, -0.1) is 13.2 Å². The molecule has 0 radical (unpaired) electrons. The topological polar surface area (TPSA) is 101 Å². The minimum Gasteiger partial charge on any atom is -0.505 e. The number of rotatable bonds is 5. The van der Waals surface area contributed by atoms with Gasteiger partial charge in [0, 0.05) is 16.6 Å². The van der Waals surface area contributed by atoms with Crippen molar-refractivity contribution in [3.8, 4) is 11.5 Å². The monoisotopic (exact) mass is 454 g/mol. The summed E-state index contributed by atoms with van der Waals surface area (Å²) < 4.78 is 56.8. The smallest absolute Gasteiger partial charge is 0.505 e. The SMILES string of the molecule is Cc1c(C(C)C(=O)NCO)c2c(F)c(O)ccc2n1C(=O)c1ccc(OC(F)(F)F)cc1. The number of aromatic hydroxyl groups is 1. The minimum absolute atomic E-state index is 0.0213. The molecule has 0 bridgehead atoms. The van der Waals surface area contributed by atoms with E-state index in [4.69, 9.17) is 5.11 Å². The zero-order valence-electron chi connectivity index (χ0n) is 16.8. The molecule has 1 atom stereocenters. The fourth-order valence-corrected chi connectivity index (χ4v) is 3.56. The number of carbonyl (C=O) groups is 2. The number of nitrogens with one attached hydrogen (secondary N) is 1. The molecule has 0 saturated heterocycles. The van der Waals surface area contributed by atoms with Gasteiger partial charge in [-0.3, -0.25) is 14.2 Å². The molecular formula is C21H18F4N2O5. The Kier molecular flexibility index (Phi) is 6.13. The van der Waals surface area contributed by atoms with Crippen LogP contribution in [0.1, 0.15) is 34.5 Å². The summed E-state index contributed by atoms with van der Waals surface area (Å²) in [4.78, 5) is 25.5. The predicted molar refractivity (Wildman–Crippen MR) is 105 cm³/mol. The fourth-order valence-electron chi connectivity index (χ4n) is 3.56. The van der Waals surface area contributed by atoms with Gasteiger partial charge in [0.2, 0.25) is 5.91 Å². The molecule has 3 aromatic rings. The molecule has 0 fully saturated rings. The number of fused-ring (bicyclic) bond motifs is 1. The number of hydrogen-bond donors (Lipinski definition) is 3. The third-order valence-electron chi connectivity index (χ3n) is 4.95. The minimum atomic E-state index is -4.89. The van der Waals surface area contributed by atoms with Crippen LogP contribution in [0.5, 0.6) is 11.5 Å². The number of aliphatic hydroxyl groups excluding tert-OH is 1. The van der Waals surface area contributed by atoms with Crippen LogP contribution in [0.3, 0.4) is 0 Å². The van der Waals surface area contributed by atoms with Gasteiger partial charge in [-0.25, -0.2) is 4.39 Å². The normalized spacial score (nSPS) is 12.6. The van der Waals surface area contributed by atoms with Crippen molar-refractivity contribution in [2.45, 2.75) is 26.1 Å². The van der Waals surface area contributed by atoms with Crippen molar-refractivity contribution in [3.05, 3.63) is 59.0 Å². The largest absolute Gasteiger partial charge is 0.573 e. The highest BCUT2D eigenvalue weighted by Gasteiger charge is 2.32. The summed E-state index contributed by atoms with van der Waals surface area (Å²) in [5.74, 6) is -4.58. The zero-order valence-corrected chi connectivity index (χ0v) is 16.8. The number of nitrogens with zero attached hydrogens (tertiary/aromatic N) is 1. The van der Waals surface area contributed by atoms with Gasteiger partial charge in [-0.1, -0.05) is 0 Å². The number of carbonyl (C=O) groups excluding carboxylic acids is 2. The number of aliphatic hydroxyl groups is 1. The van der Waals surface area contributed by atoms with Crippen LogP contribution in [-0.2, 0) is 4.79 Å². The summed E-state index contributed by atoms with van der Waals surface area (Å²) >= 11 is 0. The van der Waals surface area contributed by atoms with Gasteiger partial charge in [0.05, 0.1) is 11.4 Å². The second kappa shape index (κ2) is 8.50. The first-order valence-corrected chi connectivity index (χ1v) is 9.27. The molecule has 0 saturated carbocycles. The first kappa shape index (κ1) is 23.1. The highest BCUT2D eigenvalue weighted by atomic mass is 19.4. The number of halogens is 4. The van der Waals surface area contributed by atoms with E-state index in [0.717, 1.165) is 34.9 Å². The maximum atomic E-state index is 14.9. The first-order valence-electron chi connectivity index (χ1n) is 9.27. The molecule has 0 aliphatic heterocycles. The Morgan fingerprint density at radius 3 is 2.34 bits per heavy atom. The summed E-state index contributed by atoms with van der Waals surface area (Å²) in [5.41, 5.74) is 0.333. The van der Waals surface area contributed by atoms with Crippen molar-refractivity contribution in [1.29, 1.82) is 0 Å². The van der Waals surface area contributed by atoms with E-state index in [2.05, 4.69) is 10.1 Å². The molecule has 1 unspecified atom stereocenters. The number of alkyl halides is 3. The van der Waals surface area contributed by atoms with E-state index in [1.807, 2.05) is 0 Å². The molecule has 0 aliphatic rings. The lowest BCUT2D eigenvalue weighted by Gasteiger charge is -2.13. The quantitative estimate of drug-likeness (QED) is 0.405. The number of hydrogen-bond acceptors (Lipinski definition) is 5. The van der Waals surface area contributed by atoms with E-state index in [9.17, 15) is 32.3 Å². The second-order valence-electron chi connectivity index (χ2n) is 6.93. The van der Waals surface area contributed by atoms with Crippen LogP contribution in [0.2, 0.25) is 0 Å². The van der Waals surface area contributed by atoms with Crippen molar-refractivity contribution < 1.29 is 42.1 Å². The molecule has 3 N–H and O–H groups in total. The Hall–Kier alpha value is -3.60. The van der Waals surface area contributed by atoms with Crippen LogP contribution < -0.4 is 10.1 Å². The molecule has 1 aromatic heterocycles. The van der Waals surface area contributed by atoms with Crippen LogP contribution in [0.25, 0.3) is 10.9 Å². The lowest BCUT2D eigenvalue weighted by atomic mass is 9.96. The number of ether oxygens (including phenoxy) is 1. The van der Waals surface area contributed by atoms with Gasteiger partial charge >= 0.3 is 6.36 Å². The molecule has 170 valence electrons. The molecular weight excluding hydrogens is 436 g/mol. The number of phenolic OH excluding ortho intramolecular Hbond substituents is 1. The van der Waals surface area contributed by atoms with Crippen molar-refractivity contribution in [2.24, 2.45) is 0 Å². The lowest BCUT2D eigenvalue weighted by molar-refractivity contribution is -0.274. The van der Waals surface area contributed by atoms with Crippen molar-refractivity contribution >= 4 is 22.7 Å². The Bertz CT molecular complexity index is 1190. The van der Waals surface area contributed by atoms with Crippen LogP contribution in [0.15, 0.2) is 36.4 Å².